The van der Waals surface area contributed by atoms with Crippen molar-refractivity contribution in [1.82, 2.24) is 0 Å². The minimum absolute atomic E-state index is 0.0177. The van der Waals surface area contributed by atoms with Gasteiger partial charge in [-0.15, -0.1) is 0 Å². The Balaban J connectivity index is 2.48. The highest BCUT2D eigenvalue weighted by atomic mass is 16.6. The first-order valence-electron chi connectivity index (χ1n) is 7.99. The summed E-state index contributed by atoms with van der Waals surface area (Å²) < 4.78 is 16.9. The molecule has 1 aliphatic heterocycles. The number of rotatable bonds is 7. The summed E-state index contributed by atoms with van der Waals surface area (Å²) in [5, 5.41) is 22.9. The summed E-state index contributed by atoms with van der Waals surface area (Å²) in [5.41, 5.74) is -0.576. The van der Waals surface area contributed by atoms with E-state index in [1.54, 1.807) is 7.85 Å². The van der Waals surface area contributed by atoms with Gasteiger partial charge in [-0.2, -0.15) is 0 Å². The predicted octanol–water partition coefficient (Wildman–Crippen LogP) is 1.38. The summed E-state index contributed by atoms with van der Waals surface area (Å²) in [6, 6.07) is 3.34. The second kappa shape index (κ2) is 7.90. The van der Waals surface area contributed by atoms with Crippen LogP contribution in [0.1, 0.15) is 25.3 Å². The minimum Gasteiger partial charge on any atom is -0.378 e. The summed E-state index contributed by atoms with van der Waals surface area (Å²) >= 11 is 0. The van der Waals surface area contributed by atoms with Crippen LogP contribution in [0.5, 0.6) is 0 Å². The standard InChI is InChI=1S/C15H21BN2O7/c1-8(2)24-7-11-14(23-3)13(15(16)25-11)12-9(17(19)20)5-4-6-10(12)18(21)22/h4-6,8,11,13-15H,7,16H2,1-3H3/t11-,13?,14?,15-/m1/s1. The van der Waals surface area contributed by atoms with Gasteiger partial charge in [0.25, 0.3) is 11.4 Å². The average molecular weight is 352 g/mol. The quantitative estimate of drug-likeness (QED) is 0.414. The number of nitrogens with zero attached hydrogens (tertiary/aromatic N) is 2. The Labute approximate surface area is 146 Å². The molecule has 136 valence electrons. The van der Waals surface area contributed by atoms with Crippen molar-refractivity contribution >= 4 is 19.2 Å². The Kier molecular flexibility index (Phi) is 6.09. The molecule has 0 bridgehead atoms. The Morgan fingerprint density at radius 3 is 2.24 bits per heavy atom. The summed E-state index contributed by atoms with van der Waals surface area (Å²) in [7, 11) is 3.19. The van der Waals surface area contributed by atoms with Crippen LogP contribution in [-0.4, -0.2) is 55.7 Å². The van der Waals surface area contributed by atoms with Gasteiger partial charge >= 0.3 is 0 Å². The molecule has 0 N–H and O–H groups in total. The smallest absolute Gasteiger partial charge is 0.279 e. The first kappa shape index (κ1) is 19.3. The van der Waals surface area contributed by atoms with Crippen LogP contribution in [-0.2, 0) is 14.2 Å². The van der Waals surface area contributed by atoms with E-state index in [-0.39, 0.29) is 29.6 Å². The molecular formula is C15H21BN2O7. The normalized spacial score (nSPS) is 26.1. The molecule has 1 aromatic rings. The van der Waals surface area contributed by atoms with E-state index < -0.39 is 34.0 Å². The number of hydrogen-bond acceptors (Lipinski definition) is 7. The number of ether oxygens (including phenoxy) is 3. The van der Waals surface area contributed by atoms with E-state index in [0.29, 0.717) is 0 Å². The van der Waals surface area contributed by atoms with Gasteiger partial charge in [0.2, 0.25) is 0 Å². The van der Waals surface area contributed by atoms with E-state index in [4.69, 9.17) is 14.2 Å². The molecule has 0 saturated carbocycles. The number of hydrogen-bond donors (Lipinski definition) is 0. The SMILES string of the molecule is B[C@@H]1O[C@H](COC(C)C)C(OC)C1c1c([N+](=O)[O-])cccc1[N+](=O)[O-]. The van der Waals surface area contributed by atoms with Crippen molar-refractivity contribution < 1.29 is 24.1 Å². The van der Waals surface area contributed by atoms with Gasteiger partial charge in [-0.1, -0.05) is 0 Å². The van der Waals surface area contributed by atoms with Crippen molar-refractivity contribution in [2.75, 3.05) is 13.7 Å². The van der Waals surface area contributed by atoms with Crippen LogP contribution < -0.4 is 0 Å². The van der Waals surface area contributed by atoms with Gasteiger partial charge in [0.1, 0.15) is 19.5 Å². The molecule has 4 atom stereocenters. The molecule has 0 aromatic heterocycles. The maximum absolute atomic E-state index is 11.4. The molecule has 0 radical (unpaired) electrons. The molecule has 9 nitrogen and oxygen atoms in total. The zero-order valence-electron chi connectivity index (χ0n) is 14.6. The first-order chi connectivity index (χ1) is 11.8. The van der Waals surface area contributed by atoms with Gasteiger partial charge in [-0.05, 0) is 19.9 Å². The molecule has 1 heterocycles. The van der Waals surface area contributed by atoms with Gasteiger partial charge in [0, 0.05) is 31.2 Å². The maximum Gasteiger partial charge on any atom is 0.279 e. The van der Waals surface area contributed by atoms with Gasteiger partial charge in [0.15, 0.2) is 0 Å². The number of nitro benzene ring substituents is 2. The fourth-order valence-electron chi connectivity index (χ4n) is 3.26. The monoisotopic (exact) mass is 352 g/mol. The fraction of sp³-hybridized carbons (Fsp3) is 0.600. The highest BCUT2D eigenvalue weighted by molar-refractivity contribution is 6.12. The van der Waals surface area contributed by atoms with Gasteiger partial charge in [-0.25, -0.2) is 0 Å². The topological polar surface area (TPSA) is 114 Å². The van der Waals surface area contributed by atoms with E-state index in [1.807, 2.05) is 13.8 Å². The predicted molar refractivity (Wildman–Crippen MR) is 91.6 cm³/mol. The third kappa shape index (κ3) is 3.97. The van der Waals surface area contributed by atoms with Crippen molar-refractivity contribution in [3.8, 4) is 0 Å². The van der Waals surface area contributed by atoms with Crippen LogP contribution in [0, 0.1) is 20.2 Å². The number of methoxy groups -OCH3 is 1. The third-order valence-corrected chi connectivity index (χ3v) is 4.27. The summed E-state index contributed by atoms with van der Waals surface area (Å²) in [5.74, 6) is -0.646. The third-order valence-electron chi connectivity index (χ3n) is 4.27. The lowest BCUT2D eigenvalue weighted by molar-refractivity contribution is -0.396. The zero-order valence-corrected chi connectivity index (χ0v) is 14.6. The molecule has 2 unspecified atom stereocenters. The number of benzene rings is 1. The van der Waals surface area contributed by atoms with Gasteiger partial charge < -0.3 is 14.2 Å². The van der Waals surface area contributed by atoms with E-state index in [0.717, 1.165) is 0 Å². The molecule has 0 amide bonds. The molecule has 1 fully saturated rings. The molecule has 25 heavy (non-hydrogen) atoms. The Hall–Kier alpha value is -2.04. The Morgan fingerprint density at radius 1 is 1.24 bits per heavy atom. The number of nitro groups is 2. The second-order valence-electron chi connectivity index (χ2n) is 6.21. The van der Waals surface area contributed by atoms with E-state index >= 15 is 0 Å². The fourth-order valence-corrected chi connectivity index (χ4v) is 3.26. The largest absolute Gasteiger partial charge is 0.378 e. The second-order valence-corrected chi connectivity index (χ2v) is 6.21. The minimum atomic E-state index is -0.646. The lowest BCUT2D eigenvalue weighted by atomic mass is 9.78. The highest BCUT2D eigenvalue weighted by Gasteiger charge is 2.48. The van der Waals surface area contributed by atoms with Crippen LogP contribution in [0.2, 0.25) is 0 Å². The van der Waals surface area contributed by atoms with Crippen molar-refractivity contribution in [2.24, 2.45) is 0 Å². The molecule has 2 rings (SSSR count). The van der Waals surface area contributed by atoms with Gasteiger partial charge in [-0.3, -0.25) is 20.2 Å². The first-order valence-corrected chi connectivity index (χ1v) is 7.99. The zero-order chi connectivity index (χ0) is 18.7. The van der Waals surface area contributed by atoms with E-state index in [2.05, 4.69) is 0 Å². The Bertz CT molecular complexity index is 623. The average Bonchev–Trinajstić information content (AvgIpc) is 2.87. The van der Waals surface area contributed by atoms with Crippen LogP contribution in [0.4, 0.5) is 11.4 Å². The van der Waals surface area contributed by atoms with Crippen LogP contribution in [0.25, 0.3) is 0 Å². The van der Waals surface area contributed by atoms with Crippen molar-refractivity contribution in [3.63, 3.8) is 0 Å². The van der Waals surface area contributed by atoms with E-state index in [9.17, 15) is 20.2 Å². The lowest BCUT2D eigenvalue weighted by Gasteiger charge is -2.23. The van der Waals surface area contributed by atoms with Crippen molar-refractivity contribution in [3.05, 3.63) is 44.0 Å². The molecule has 1 aliphatic rings. The molecule has 10 heteroatoms. The molecule has 0 aliphatic carbocycles. The van der Waals surface area contributed by atoms with Crippen molar-refractivity contribution in [2.45, 2.75) is 44.1 Å². The van der Waals surface area contributed by atoms with Crippen LogP contribution in [0.3, 0.4) is 0 Å². The highest BCUT2D eigenvalue weighted by Crippen LogP contribution is 2.44. The molecule has 1 saturated heterocycles. The van der Waals surface area contributed by atoms with E-state index in [1.165, 1.54) is 25.3 Å². The summed E-state index contributed by atoms with van der Waals surface area (Å²) in [6.45, 7) is 4.00. The maximum atomic E-state index is 11.4. The summed E-state index contributed by atoms with van der Waals surface area (Å²) in [6.07, 6.45) is -1.07. The van der Waals surface area contributed by atoms with Gasteiger partial charge in [0.05, 0.1) is 28.7 Å². The molecule has 0 spiro atoms. The Morgan fingerprint density at radius 2 is 1.80 bits per heavy atom. The molecule has 1 aromatic carbocycles. The summed E-state index contributed by atoms with van der Waals surface area (Å²) in [4.78, 5) is 21.6. The van der Waals surface area contributed by atoms with Crippen molar-refractivity contribution in [1.29, 1.82) is 0 Å². The van der Waals surface area contributed by atoms with Crippen LogP contribution >= 0.6 is 0 Å². The molecular weight excluding hydrogens is 331 g/mol. The lowest BCUT2D eigenvalue weighted by Crippen LogP contribution is -2.33. The van der Waals surface area contributed by atoms with Crippen LogP contribution in [0.15, 0.2) is 18.2 Å².